The highest BCUT2D eigenvalue weighted by Crippen LogP contribution is 2.37. The van der Waals surface area contributed by atoms with Crippen molar-refractivity contribution in [3.63, 3.8) is 0 Å². The van der Waals surface area contributed by atoms with E-state index in [-0.39, 0.29) is 5.54 Å². The van der Waals surface area contributed by atoms with Crippen molar-refractivity contribution in [2.45, 2.75) is 69.5 Å². The Morgan fingerprint density at radius 2 is 2.14 bits per heavy atom. The summed E-state index contributed by atoms with van der Waals surface area (Å²) >= 11 is 1.60. The van der Waals surface area contributed by atoms with Crippen LogP contribution in [0.25, 0.3) is 0 Å². The third kappa shape index (κ3) is 3.04. The standard InChI is InChI=1S/C15H24N2O2S2/c1-11-14(9-13(20-11)10-16-12-5-6-12)21(18,19)17-8-4-7-15(17,2)3/h9,12,16H,4-8,10H2,1-3H3. The number of sulfonamides is 1. The minimum Gasteiger partial charge on any atom is -0.309 e. The van der Waals surface area contributed by atoms with Crippen molar-refractivity contribution in [3.05, 3.63) is 15.8 Å². The Morgan fingerprint density at radius 1 is 1.43 bits per heavy atom. The minimum atomic E-state index is -3.36. The smallest absolute Gasteiger partial charge is 0.244 e. The summed E-state index contributed by atoms with van der Waals surface area (Å²) in [6.07, 6.45) is 4.38. The largest absolute Gasteiger partial charge is 0.309 e. The third-order valence-corrected chi connectivity index (χ3v) is 7.88. The molecule has 0 spiro atoms. The number of aryl methyl sites for hydroxylation is 1. The van der Waals surface area contributed by atoms with Crippen LogP contribution in [-0.2, 0) is 16.6 Å². The van der Waals surface area contributed by atoms with Gasteiger partial charge in [-0.3, -0.25) is 0 Å². The molecule has 0 unspecified atom stereocenters. The zero-order valence-corrected chi connectivity index (χ0v) is 14.6. The van der Waals surface area contributed by atoms with Crippen LogP contribution >= 0.6 is 11.3 Å². The quantitative estimate of drug-likeness (QED) is 0.904. The van der Waals surface area contributed by atoms with Crippen LogP contribution in [0.4, 0.5) is 0 Å². The van der Waals surface area contributed by atoms with Gasteiger partial charge in [0.1, 0.15) is 0 Å². The molecule has 3 rings (SSSR count). The summed E-state index contributed by atoms with van der Waals surface area (Å²) in [6.45, 7) is 7.39. The molecular weight excluding hydrogens is 304 g/mol. The van der Waals surface area contributed by atoms with Gasteiger partial charge in [-0.2, -0.15) is 4.31 Å². The van der Waals surface area contributed by atoms with Crippen molar-refractivity contribution in [1.82, 2.24) is 9.62 Å². The minimum absolute atomic E-state index is 0.264. The Hall–Kier alpha value is -0.430. The van der Waals surface area contributed by atoms with Crippen LogP contribution < -0.4 is 5.32 Å². The van der Waals surface area contributed by atoms with Gasteiger partial charge < -0.3 is 5.32 Å². The van der Waals surface area contributed by atoms with Crippen molar-refractivity contribution in [2.75, 3.05) is 6.54 Å². The molecule has 1 N–H and O–H groups in total. The maximum Gasteiger partial charge on any atom is 0.244 e. The molecule has 118 valence electrons. The predicted octanol–water partition coefficient (Wildman–Crippen LogP) is 2.87. The van der Waals surface area contributed by atoms with E-state index in [0.29, 0.717) is 17.5 Å². The lowest BCUT2D eigenvalue weighted by Gasteiger charge is -2.30. The molecule has 1 aliphatic carbocycles. The predicted molar refractivity (Wildman–Crippen MR) is 86.1 cm³/mol. The summed E-state index contributed by atoms with van der Waals surface area (Å²) in [6, 6.07) is 2.52. The Balaban J connectivity index is 1.84. The maximum absolute atomic E-state index is 12.9. The molecule has 4 nitrogen and oxygen atoms in total. The van der Waals surface area contributed by atoms with Gasteiger partial charge in [0.25, 0.3) is 0 Å². The molecule has 1 aliphatic heterocycles. The Kier molecular flexibility index (Phi) is 3.93. The van der Waals surface area contributed by atoms with Crippen LogP contribution in [0.2, 0.25) is 0 Å². The van der Waals surface area contributed by atoms with Crippen molar-refractivity contribution in [1.29, 1.82) is 0 Å². The summed E-state index contributed by atoms with van der Waals surface area (Å²) in [4.78, 5) is 2.54. The first-order chi connectivity index (χ1) is 9.80. The van der Waals surface area contributed by atoms with Gasteiger partial charge in [-0.15, -0.1) is 11.3 Å². The van der Waals surface area contributed by atoms with Gasteiger partial charge in [0, 0.05) is 34.4 Å². The molecule has 21 heavy (non-hydrogen) atoms. The Labute approximate surface area is 131 Å². The topological polar surface area (TPSA) is 49.4 Å². The SMILES string of the molecule is Cc1sc(CNC2CC2)cc1S(=O)(=O)N1CCCC1(C)C. The van der Waals surface area contributed by atoms with Gasteiger partial charge in [-0.1, -0.05) is 0 Å². The number of rotatable bonds is 5. The van der Waals surface area contributed by atoms with E-state index >= 15 is 0 Å². The second kappa shape index (κ2) is 5.33. The van der Waals surface area contributed by atoms with E-state index < -0.39 is 10.0 Å². The zero-order chi connectivity index (χ0) is 15.3. The molecule has 6 heteroatoms. The van der Waals surface area contributed by atoms with Gasteiger partial charge in [0.15, 0.2) is 0 Å². The summed E-state index contributed by atoms with van der Waals surface area (Å²) in [7, 11) is -3.36. The van der Waals surface area contributed by atoms with E-state index in [0.717, 1.165) is 29.1 Å². The van der Waals surface area contributed by atoms with E-state index in [9.17, 15) is 8.42 Å². The molecule has 1 aromatic heterocycles. The van der Waals surface area contributed by atoms with Crippen molar-refractivity contribution in [2.24, 2.45) is 0 Å². The normalized spacial score (nSPS) is 22.8. The molecule has 0 aromatic carbocycles. The highest BCUT2D eigenvalue weighted by atomic mass is 32.2. The average Bonchev–Trinajstić information content (AvgIpc) is 3.03. The van der Waals surface area contributed by atoms with Gasteiger partial charge in [0.2, 0.25) is 10.0 Å². The molecule has 1 aromatic rings. The van der Waals surface area contributed by atoms with E-state index in [1.54, 1.807) is 15.6 Å². The number of hydrogen-bond donors (Lipinski definition) is 1. The summed E-state index contributed by atoms with van der Waals surface area (Å²) in [5.74, 6) is 0. The highest BCUT2D eigenvalue weighted by molar-refractivity contribution is 7.89. The van der Waals surface area contributed by atoms with Crippen molar-refractivity contribution < 1.29 is 8.42 Å². The lowest BCUT2D eigenvalue weighted by molar-refractivity contribution is 0.291. The van der Waals surface area contributed by atoms with Gasteiger partial charge in [-0.05, 0) is 52.5 Å². The van der Waals surface area contributed by atoms with Crippen LogP contribution in [0.5, 0.6) is 0 Å². The first-order valence-electron chi connectivity index (χ1n) is 7.66. The van der Waals surface area contributed by atoms with Crippen LogP contribution in [0.15, 0.2) is 11.0 Å². The molecule has 2 fully saturated rings. The molecule has 2 aliphatic rings. The fraction of sp³-hybridized carbons (Fsp3) is 0.733. The fourth-order valence-corrected chi connectivity index (χ4v) is 6.45. The van der Waals surface area contributed by atoms with Gasteiger partial charge >= 0.3 is 0 Å². The number of nitrogens with zero attached hydrogens (tertiary/aromatic N) is 1. The molecule has 2 heterocycles. The highest BCUT2D eigenvalue weighted by Gasteiger charge is 2.41. The van der Waals surface area contributed by atoms with Crippen LogP contribution in [0.3, 0.4) is 0 Å². The van der Waals surface area contributed by atoms with Crippen LogP contribution in [0, 0.1) is 6.92 Å². The zero-order valence-electron chi connectivity index (χ0n) is 13.0. The first kappa shape index (κ1) is 15.5. The molecule has 1 saturated heterocycles. The molecule has 0 radical (unpaired) electrons. The van der Waals surface area contributed by atoms with Crippen LogP contribution in [0.1, 0.15) is 49.3 Å². The fourth-order valence-electron chi connectivity index (χ4n) is 3.05. The Morgan fingerprint density at radius 3 is 2.71 bits per heavy atom. The van der Waals surface area contributed by atoms with Gasteiger partial charge in [0.05, 0.1) is 4.90 Å². The third-order valence-electron chi connectivity index (χ3n) is 4.46. The number of thiophene rings is 1. The van der Waals surface area contributed by atoms with E-state index in [2.05, 4.69) is 5.32 Å². The lowest BCUT2D eigenvalue weighted by atomic mass is 10.0. The Bertz CT molecular complexity index is 630. The van der Waals surface area contributed by atoms with Crippen molar-refractivity contribution >= 4 is 21.4 Å². The molecule has 0 amide bonds. The number of nitrogens with one attached hydrogen (secondary N) is 1. The molecule has 0 atom stereocenters. The van der Waals surface area contributed by atoms with Crippen LogP contribution in [-0.4, -0.2) is 30.8 Å². The van der Waals surface area contributed by atoms with E-state index in [4.69, 9.17) is 0 Å². The first-order valence-corrected chi connectivity index (χ1v) is 9.92. The second-order valence-electron chi connectivity index (χ2n) is 6.78. The van der Waals surface area contributed by atoms with Crippen molar-refractivity contribution in [3.8, 4) is 0 Å². The molecule has 0 bridgehead atoms. The molecular formula is C15H24N2O2S2. The van der Waals surface area contributed by atoms with Gasteiger partial charge in [-0.25, -0.2) is 8.42 Å². The lowest BCUT2D eigenvalue weighted by Crippen LogP contribution is -2.42. The number of hydrogen-bond acceptors (Lipinski definition) is 4. The van der Waals surface area contributed by atoms with E-state index in [1.807, 2.05) is 26.8 Å². The second-order valence-corrected chi connectivity index (χ2v) is 9.95. The van der Waals surface area contributed by atoms with E-state index in [1.165, 1.54) is 12.8 Å². The summed E-state index contributed by atoms with van der Waals surface area (Å²) < 4.78 is 27.6. The summed E-state index contributed by atoms with van der Waals surface area (Å²) in [5, 5.41) is 3.45. The monoisotopic (exact) mass is 328 g/mol. The molecule has 1 saturated carbocycles. The maximum atomic E-state index is 12.9. The summed E-state index contributed by atoms with van der Waals surface area (Å²) in [5.41, 5.74) is -0.264. The average molecular weight is 329 g/mol.